The molecule has 0 unspecified atom stereocenters. The van der Waals surface area contributed by atoms with Gasteiger partial charge in [-0.25, -0.2) is 0 Å². The fourth-order valence-electron chi connectivity index (χ4n) is 6.06. The fraction of sp³-hybridized carbons (Fsp3) is 0.263. The Hall–Kier alpha value is -1.84. The average molecular weight is 680 g/mol. The van der Waals surface area contributed by atoms with E-state index in [0.29, 0.717) is 17.8 Å². The van der Waals surface area contributed by atoms with Gasteiger partial charge in [0.05, 0.1) is 0 Å². The van der Waals surface area contributed by atoms with Gasteiger partial charge in [0.1, 0.15) is 8.07 Å². The van der Waals surface area contributed by atoms with Crippen LogP contribution in [0.3, 0.4) is 0 Å². The largest absolute Gasteiger partial charge is 4.00 e. The minimum absolute atomic E-state index is 0. The van der Waals surface area contributed by atoms with E-state index >= 15 is 0 Å². The fourth-order valence-corrected chi connectivity index (χ4v) is 11.3. The molecule has 0 amide bonds. The Kier molecular flexibility index (Phi) is 15.5. The molecule has 0 aromatic heterocycles. The standard InChI is InChI=1S/C38H41Si.3ClH.Ti/c1-27(2)31-16-10-19-34(24-31)39(35-20-11-17-32(25-35)28(3)4,36-21-12-18-33(26-36)29(5)6)38-23-13-22-37(38)30-14-8-7-9-15-30;;;;/h7-21,24-29H,23H2,1-6H3;3*1H;/q-1;;;;+4/p-3. The van der Waals surface area contributed by atoms with Crippen LogP contribution >= 0.6 is 0 Å². The molecule has 0 saturated heterocycles. The molecule has 5 heteroatoms. The van der Waals surface area contributed by atoms with Gasteiger partial charge in [0.25, 0.3) is 0 Å². The van der Waals surface area contributed by atoms with Crippen molar-refractivity contribution in [2.45, 2.75) is 65.7 Å². The third-order valence-electron chi connectivity index (χ3n) is 8.33. The molecule has 0 aliphatic heterocycles. The monoisotopic (exact) mass is 678 g/mol. The maximum absolute atomic E-state index is 3.74. The molecule has 0 saturated carbocycles. The van der Waals surface area contributed by atoms with Gasteiger partial charge in [-0.05, 0) is 34.4 Å². The van der Waals surface area contributed by atoms with Crippen LogP contribution in [0.5, 0.6) is 0 Å². The molecule has 4 aromatic rings. The van der Waals surface area contributed by atoms with Gasteiger partial charge < -0.3 is 37.2 Å². The predicted molar refractivity (Wildman–Crippen MR) is 172 cm³/mol. The van der Waals surface area contributed by atoms with Gasteiger partial charge in [-0.15, -0.1) is 17.7 Å². The summed E-state index contributed by atoms with van der Waals surface area (Å²) in [4.78, 5) is 0. The second-order valence-corrected chi connectivity index (χ2v) is 15.7. The van der Waals surface area contributed by atoms with Crippen LogP contribution < -0.4 is 52.8 Å². The molecule has 0 atom stereocenters. The van der Waals surface area contributed by atoms with Crippen LogP contribution in [-0.2, 0) is 21.7 Å². The van der Waals surface area contributed by atoms with Crippen LogP contribution in [0.15, 0.2) is 114 Å². The number of hydrogen-bond acceptors (Lipinski definition) is 0. The van der Waals surface area contributed by atoms with Crippen LogP contribution in [-0.4, -0.2) is 8.07 Å². The Morgan fingerprint density at radius 3 is 1.30 bits per heavy atom. The van der Waals surface area contributed by atoms with E-state index in [-0.39, 0.29) is 58.9 Å². The molecular formula is C38H41Cl3SiTi. The molecule has 1 aliphatic carbocycles. The summed E-state index contributed by atoms with van der Waals surface area (Å²) in [6.07, 6.45) is 6.94. The van der Waals surface area contributed by atoms with Crippen molar-refractivity contribution >= 4 is 29.2 Å². The van der Waals surface area contributed by atoms with Crippen LogP contribution in [0, 0.1) is 6.08 Å². The zero-order valence-corrected chi connectivity index (χ0v) is 30.8. The molecule has 5 rings (SSSR count). The summed E-state index contributed by atoms with van der Waals surface area (Å²) in [6.45, 7) is 13.8. The number of halogens is 3. The molecule has 222 valence electrons. The van der Waals surface area contributed by atoms with Gasteiger partial charge in [-0.3, -0.25) is 0 Å². The zero-order valence-electron chi connectivity index (χ0n) is 26.0. The summed E-state index contributed by atoms with van der Waals surface area (Å²) in [7, 11) is -2.68. The number of rotatable bonds is 8. The van der Waals surface area contributed by atoms with Crippen molar-refractivity contribution in [3.05, 3.63) is 143 Å². The van der Waals surface area contributed by atoms with Gasteiger partial charge in [0, 0.05) is 0 Å². The quantitative estimate of drug-likeness (QED) is 0.131. The maximum Gasteiger partial charge on any atom is 4.00 e. The summed E-state index contributed by atoms with van der Waals surface area (Å²) in [5.74, 6) is 1.41. The first-order chi connectivity index (χ1) is 18.8. The third-order valence-corrected chi connectivity index (χ3v) is 13.2. The molecule has 0 fully saturated rings. The van der Waals surface area contributed by atoms with Crippen LogP contribution in [0.25, 0.3) is 5.57 Å². The van der Waals surface area contributed by atoms with Crippen molar-refractivity contribution in [2.75, 3.05) is 0 Å². The SMILES string of the molecule is CC(C)c1cccc([Si](C2=C(c3ccccc3)[C-]=CC2)(c2cccc(C(C)C)c2)c2cccc(C(C)C)c2)c1.[Cl-].[Cl-].[Cl-].[Ti+4]. The minimum Gasteiger partial charge on any atom is -1.00 e. The Labute approximate surface area is 294 Å². The smallest absolute Gasteiger partial charge is 1.00 e. The van der Waals surface area contributed by atoms with Gasteiger partial charge in [0.15, 0.2) is 0 Å². The Morgan fingerprint density at radius 1 is 0.535 bits per heavy atom. The van der Waals surface area contributed by atoms with E-state index in [4.69, 9.17) is 0 Å². The van der Waals surface area contributed by atoms with Crippen molar-refractivity contribution in [3.8, 4) is 0 Å². The minimum atomic E-state index is -2.68. The summed E-state index contributed by atoms with van der Waals surface area (Å²) >= 11 is 0. The normalized spacial score (nSPS) is 12.5. The van der Waals surface area contributed by atoms with E-state index in [1.165, 1.54) is 48.6 Å². The predicted octanol–water partition coefficient (Wildman–Crippen LogP) is -0.707. The maximum atomic E-state index is 3.74. The van der Waals surface area contributed by atoms with Crippen LogP contribution in [0.2, 0.25) is 0 Å². The number of benzene rings is 4. The molecule has 1 aliphatic rings. The van der Waals surface area contributed by atoms with E-state index in [1.54, 1.807) is 0 Å². The molecule has 0 nitrogen and oxygen atoms in total. The summed E-state index contributed by atoms with van der Waals surface area (Å²) in [5.41, 5.74) is 6.75. The van der Waals surface area contributed by atoms with E-state index < -0.39 is 8.07 Å². The Balaban J connectivity index is 0.00000231. The van der Waals surface area contributed by atoms with Crippen molar-refractivity contribution in [2.24, 2.45) is 0 Å². The topological polar surface area (TPSA) is 0 Å². The second kappa shape index (κ2) is 17.0. The first kappa shape index (κ1) is 39.2. The molecule has 0 bridgehead atoms. The molecular weight excluding hydrogens is 639 g/mol. The average Bonchev–Trinajstić information content (AvgIpc) is 3.45. The summed E-state index contributed by atoms with van der Waals surface area (Å²) < 4.78 is 0. The van der Waals surface area contributed by atoms with Crippen LogP contribution in [0.4, 0.5) is 0 Å². The van der Waals surface area contributed by atoms with Gasteiger partial charge >= 0.3 is 21.7 Å². The zero-order chi connectivity index (χ0) is 27.6. The summed E-state index contributed by atoms with van der Waals surface area (Å²) in [6, 6.07) is 39.5. The van der Waals surface area contributed by atoms with E-state index in [9.17, 15) is 0 Å². The second-order valence-electron chi connectivity index (χ2n) is 11.9. The van der Waals surface area contributed by atoms with Crippen LogP contribution in [0.1, 0.15) is 88.0 Å². The van der Waals surface area contributed by atoms with Crippen molar-refractivity contribution in [1.29, 1.82) is 0 Å². The van der Waals surface area contributed by atoms with Gasteiger partial charge in [0.2, 0.25) is 0 Å². The molecule has 43 heavy (non-hydrogen) atoms. The molecule has 0 heterocycles. The molecule has 0 radical (unpaired) electrons. The Bertz CT molecular complexity index is 1400. The van der Waals surface area contributed by atoms with E-state index in [2.05, 4.69) is 157 Å². The van der Waals surface area contributed by atoms with Gasteiger partial charge in [-0.1, -0.05) is 155 Å². The molecule has 0 spiro atoms. The number of hydrogen-bond donors (Lipinski definition) is 0. The molecule has 4 aromatic carbocycles. The van der Waals surface area contributed by atoms with Gasteiger partial charge in [-0.2, -0.15) is 22.9 Å². The van der Waals surface area contributed by atoms with E-state index in [0.717, 1.165) is 6.42 Å². The Morgan fingerprint density at radius 2 is 0.930 bits per heavy atom. The molecule has 0 N–H and O–H groups in total. The van der Waals surface area contributed by atoms with Crippen molar-refractivity contribution in [3.63, 3.8) is 0 Å². The van der Waals surface area contributed by atoms with E-state index in [1.807, 2.05) is 0 Å². The third kappa shape index (κ3) is 7.88. The number of allylic oxidation sites excluding steroid dienone is 4. The summed E-state index contributed by atoms with van der Waals surface area (Å²) in [5, 5.41) is 5.94. The van der Waals surface area contributed by atoms with Crippen molar-refractivity contribution < 1.29 is 58.9 Å². The first-order valence-electron chi connectivity index (χ1n) is 14.5. The first-order valence-corrected chi connectivity index (χ1v) is 16.5. The van der Waals surface area contributed by atoms with Crippen molar-refractivity contribution in [1.82, 2.24) is 0 Å².